The molecule has 2 N–H and O–H groups in total. The topological polar surface area (TPSA) is 81.1 Å². The van der Waals surface area contributed by atoms with Gasteiger partial charge in [0.25, 0.3) is 0 Å². The van der Waals surface area contributed by atoms with Crippen LogP contribution in [-0.2, 0) is 4.79 Å². The van der Waals surface area contributed by atoms with Gasteiger partial charge in [0, 0.05) is 25.7 Å². The molecular weight excluding hydrogens is 236 g/mol. The van der Waals surface area contributed by atoms with Crippen molar-refractivity contribution in [3.63, 3.8) is 0 Å². The number of carbonyl (C=O) groups is 2. The fraction of sp³-hybridized carbons (Fsp3) is 0.833. The molecule has 1 rings (SSSR count). The summed E-state index contributed by atoms with van der Waals surface area (Å²) in [5.41, 5.74) is 0. The van der Waals surface area contributed by atoms with E-state index in [1.807, 2.05) is 13.8 Å². The number of hydrogen-bond donors (Lipinski definition) is 2. The zero-order valence-electron chi connectivity index (χ0n) is 11.0. The summed E-state index contributed by atoms with van der Waals surface area (Å²) in [7, 11) is 0. The highest BCUT2D eigenvalue weighted by atomic mass is 16.4. The smallest absolute Gasteiger partial charge is 0.320 e. The van der Waals surface area contributed by atoms with Crippen LogP contribution in [0.15, 0.2) is 0 Å². The molecule has 0 saturated carbocycles. The van der Waals surface area contributed by atoms with Crippen LogP contribution in [0.1, 0.15) is 26.7 Å². The molecule has 0 aromatic rings. The van der Waals surface area contributed by atoms with Gasteiger partial charge in [-0.15, -0.1) is 0 Å². The Labute approximate surface area is 107 Å². The van der Waals surface area contributed by atoms with E-state index in [4.69, 9.17) is 10.2 Å². The Morgan fingerprint density at radius 1 is 1.44 bits per heavy atom. The second kappa shape index (κ2) is 6.58. The molecule has 1 heterocycles. The molecule has 0 aromatic carbocycles. The van der Waals surface area contributed by atoms with Gasteiger partial charge in [-0.2, -0.15) is 0 Å². The van der Waals surface area contributed by atoms with Crippen molar-refractivity contribution in [1.29, 1.82) is 0 Å². The Hall–Kier alpha value is -1.30. The van der Waals surface area contributed by atoms with Crippen molar-refractivity contribution < 1.29 is 19.8 Å². The number of aliphatic carboxylic acids is 1. The molecule has 1 saturated heterocycles. The van der Waals surface area contributed by atoms with Crippen LogP contribution in [-0.4, -0.2) is 64.3 Å². The van der Waals surface area contributed by atoms with E-state index in [1.54, 1.807) is 9.80 Å². The number of aliphatic hydroxyl groups is 1. The third kappa shape index (κ3) is 3.35. The predicted molar refractivity (Wildman–Crippen MR) is 66.3 cm³/mol. The van der Waals surface area contributed by atoms with Crippen LogP contribution >= 0.6 is 0 Å². The Balaban J connectivity index is 2.62. The first-order valence-corrected chi connectivity index (χ1v) is 6.40. The number of urea groups is 1. The third-order valence-corrected chi connectivity index (χ3v) is 3.49. The minimum atomic E-state index is -0.781. The zero-order valence-corrected chi connectivity index (χ0v) is 11.0. The minimum absolute atomic E-state index is 0.0560. The summed E-state index contributed by atoms with van der Waals surface area (Å²) in [5.74, 6) is -1.13. The molecule has 18 heavy (non-hydrogen) atoms. The summed E-state index contributed by atoms with van der Waals surface area (Å²) >= 11 is 0. The number of nitrogens with zero attached hydrogens (tertiary/aromatic N) is 2. The summed E-state index contributed by atoms with van der Waals surface area (Å²) in [6.07, 6.45) is 1.000. The average Bonchev–Trinajstić information content (AvgIpc) is 2.34. The van der Waals surface area contributed by atoms with E-state index < -0.39 is 5.97 Å². The fourth-order valence-electron chi connectivity index (χ4n) is 2.37. The molecule has 6 heteroatoms. The second-order valence-corrected chi connectivity index (χ2v) is 4.69. The Kier molecular flexibility index (Phi) is 5.40. The lowest BCUT2D eigenvalue weighted by atomic mass is 9.92. The van der Waals surface area contributed by atoms with E-state index in [-0.39, 0.29) is 24.6 Å². The summed E-state index contributed by atoms with van der Waals surface area (Å²) in [6, 6.07) is -0.178. The molecule has 0 aliphatic carbocycles. The highest BCUT2D eigenvalue weighted by Gasteiger charge is 2.33. The number of likely N-dealkylation sites (tertiary alicyclic amines) is 1. The first-order valence-electron chi connectivity index (χ1n) is 6.40. The van der Waals surface area contributed by atoms with Crippen LogP contribution in [0.25, 0.3) is 0 Å². The van der Waals surface area contributed by atoms with Gasteiger partial charge in [0.1, 0.15) is 0 Å². The van der Waals surface area contributed by atoms with Crippen molar-refractivity contribution in [1.82, 2.24) is 9.80 Å². The van der Waals surface area contributed by atoms with Gasteiger partial charge in [0.2, 0.25) is 0 Å². The van der Waals surface area contributed by atoms with E-state index in [2.05, 4.69) is 0 Å². The van der Waals surface area contributed by atoms with Crippen molar-refractivity contribution in [2.45, 2.75) is 32.7 Å². The number of hydrogen-bond acceptors (Lipinski definition) is 3. The third-order valence-electron chi connectivity index (χ3n) is 3.49. The number of piperidine rings is 1. The maximum Gasteiger partial charge on any atom is 0.320 e. The summed E-state index contributed by atoms with van der Waals surface area (Å²) in [6.45, 7) is 5.02. The molecule has 1 fully saturated rings. The Morgan fingerprint density at radius 3 is 2.56 bits per heavy atom. The van der Waals surface area contributed by atoms with E-state index in [1.165, 1.54) is 0 Å². The Morgan fingerprint density at radius 2 is 2.11 bits per heavy atom. The van der Waals surface area contributed by atoms with Gasteiger partial charge in [-0.05, 0) is 26.7 Å². The minimum Gasteiger partial charge on any atom is -0.481 e. The number of carboxylic acids is 1. The number of amides is 2. The molecule has 104 valence electrons. The summed E-state index contributed by atoms with van der Waals surface area (Å²) in [4.78, 5) is 26.4. The zero-order chi connectivity index (χ0) is 13.7. The summed E-state index contributed by atoms with van der Waals surface area (Å²) < 4.78 is 0. The maximum atomic E-state index is 12.2. The highest BCUT2D eigenvalue weighted by molar-refractivity contribution is 5.76. The fourth-order valence-corrected chi connectivity index (χ4v) is 2.37. The molecule has 0 aromatic heterocycles. The van der Waals surface area contributed by atoms with Crippen LogP contribution < -0.4 is 0 Å². The van der Waals surface area contributed by atoms with Gasteiger partial charge in [0.15, 0.2) is 0 Å². The number of aliphatic hydroxyl groups excluding tert-OH is 1. The standard InChI is InChI=1S/C12H22N2O4/c1-3-13(6-7-15)12(18)14-5-4-10(11(16)17)8-9(14)2/h9-10,15H,3-8H2,1-2H3,(H,16,17). The molecule has 1 aliphatic rings. The number of carboxylic acid groups (broad SMARTS) is 1. The number of likely N-dealkylation sites (N-methyl/N-ethyl adjacent to an activating group) is 1. The molecule has 0 spiro atoms. The number of rotatable bonds is 4. The van der Waals surface area contributed by atoms with Crippen molar-refractivity contribution in [2.24, 2.45) is 5.92 Å². The first kappa shape index (κ1) is 14.8. The lowest BCUT2D eigenvalue weighted by Crippen LogP contribution is -2.52. The molecule has 2 amide bonds. The molecule has 0 bridgehead atoms. The van der Waals surface area contributed by atoms with Crippen LogP contribution in [0.5, 0.6) is 0 Å². The maximum absolute atomic E-state index is 12.2. The van der Waals surface area contributed by atoms with Crippen molar-refractivity contribution >= 4 is 12.0 Å². The molecule has 6 nitrogen and oxygen atoms in total. The average molecular weight is 258 g/mol. The molecule has 1 aliphatic heterocycles. The second-order valence-electron chi connectivity index (χ2n) is 4.69. The van der Waals surface area contributed by atoms with E-state index in [9.17, 15) is 9.59 Å². The number of carbonyl (C=O) groups excluding carboxylic acids is 1. The van der Waals surface area contributed by atoms with Crippen molar-refractivity contribution in [3.05, 3.63) is 0 Å². The monoisotopic (exact) mass is 258 g/mol. The molecule has 2 atom stereocenters. The van der Waals surface area contributed by atoms with E-state index in [0.29, 0.717) is 32.5 Å². The highest BCUT2D eigenvalue weighted by Crippen LogP contribution is 2.23. The molecular formula is C12H22N2O4. The van der Waals surface area contributed by atoms with Gasteiger partial charge < -0.3 is 20.0 Å². The Bertz CT molecular complexity index is 308. The van der Waals surface area contributed by atoms with Crippen LogP contribution in [0, 0.1) is 5.92 Å². The summed E-state index contributed by atoms with van der Waals surface area (Å²) in [5, 5.41) is 17.9. The lowest BCUT2D eigenvalue weighted by Gasteiger charge is -2.39. The lowest BCUT2D eigenvalue weighted by molar-refractivity contribution is -0.143. The van der Waals surface area contributed by atoms with Crippen LogP contribution in [0.4, 0.5) is 4.79 Å². The predicted octanol–water partition coefficient (Wildman–Crippen LogP) is 0.606. The molecule has 2 unspecified atom stereocenters. The van der Waals surface area contributed by atoms with Crippen LogP contribution in [0.2, 0.25) is 0 Å². The van der Waals surface area contributed by atoms with E-state index in [0.717, 1.165) is 0 Å². The van der Waals surface area contributed by atoms with Crippen molar-refractivity contribution in [3.8, 4) is 0 Å². The van der Waals surface area contributed by atoms with Gasteiger partial charge >= 0.3 is 12.0 Å². The van der Waals surface area contributed by atoms with Gasteiger partial charge in [0.05, 0.1) is 12.5 Å². The van der Waals surface area contributed by atoms with Gasteiger partial charge in [-0.3, -0.25) is 4.79 Å². The van der Waals surface area contributed by atoms with Gasteiger partial charge in [-0.1, -0.05) is 0 Å². The van der Waals surface area contributed by atoms with E-state index >= 15 is 0 Å². The van der Waals surface area contributed by atoms with Gasteiger partial charge in [-0.25, -0.2) is 4.79 Å². The van der Waals surface area contributed by atoms with Crippen molar-refractivity contribution in [2.75, 3.05) is 26.2 Å². The normalized spacial score (nSPS) is 23.8. The quantitative estimate of drug-likeness (QED) is 0.774. The molecule has 0 radical (unpaired) electrons. The first-order chi connectivity index (χ1) is 8.51. The SMILES string of the molecule is CCN(CCO)C(=O)N1CCC(C(=O)O)CC1C. The van der Waals surface area contributed by atoms with Crippen LogP contribution in [0.3, 0.4) is 0 Å². The largest absolute Gasteiger partial charge is 0.481 e.